The van der Waals surface area contributed by atoms with E-state index < -0.39 is 0 Å². The highest BCUT2D eigenvalue weighted by Gasteiger charge is 2.36. The third kappa shape index (κ3) is 2.32. The topological polar surface area (TPSA) is 20.3 Å². The van der Waals surface area contributed by atoms with E-state index in [0.29, 0.717) is 17.1 Å². The van der Waals surface area contributed by atoms with Crippen molar-refractivity contribution in [3.8, 4) is 0 Å². The Morgan fingerprint density at radius 3 is 2.62 bits per heavy atom. The summed E-state index contributed by atoms with van der Waals surface area (Å²) in [6.07, 6.45) is 7.02. The molecule has 1 aliphatic carbocycles. The van der Waals surface area contributed by atoms with Crippen molar-refractivity contribution >= 4 is 5.78 Å². The summed E-state index contributed by atoms with van der Waals surface area (Å²) in [6, 6.07) is 0. The van der Waals surface area contributed by atoms with E-state index in [1.54, 1.807) is 0 Å². The molecule has 1 unspecified atom stereocenters. The number of rotatable bonds is 4. The monoisotopic (exact) mass is 223 g/mol. The van der Waals surface area contributed by atoms with Crippen LogP contribution in [0.15, 0.2) is 0 Å². The van der Waals surface area contributed by atoms with E-state index in [4.69, 9.17) is 0 Å². The number of nitrogens with zero attached hydrogens (tertiary/aromatic N) is 1. The van der Waals surface area contributed by atoms with Gasteiger partial charge in [0.2, 0.25) is 0 Å². The second-order valence-electron chi connectivity index (χ2n) is 5.75. The fourth-order valence-electron chi connectivity index (χ4n) is 3.40. The Balaban J connectivity index is 1.86. The lowest BCUT2D eigenvalue weighted by atomic mass is 9.82. The normalized spacial score (nSPS) is 30.1. The van der Waals surface area contributed by atoms with Crippen LogP contribution in [0.2, 0.25) is 0 Å². The summed E-state index contributed by atoms with van der Waals surface area (Å²) in [6.45, 7) is 8.11. The SMILES string of the molecule is CCC1(CC)CCN(CC2CCCC2=O)C1. The van der Waals surface area contributed by atoms with Gasteiger partial charge in [0.05, 0.1) is 0 Å². The zero-order valence-electron chi connectivity index (χ0n) is 10.8. The number of hydrogen-bond acceptors (Lipinski definition) is 2. The Bertz CT molecular complexity index is 257. The first-order chi connectivity index (χ1) is 7.69. The second kappa shape index (κ2) is 4.87. The summed E-state index contributed by atoms with van der Waals surface area (Å²) in [5, 5.41) is 0. The highest BCUT2D eigenvalue weighted by atomic mass is 16.1. The highest BCUT2D eigenvalue weighted by molar-refractivity contribution is 5.83. The molecule has 0 aromatic carbocycles. The zero-order valence-corrected chi connectivity index (χ0v) is 10.8. The zero-order chi connectivity index (χ0) is 11.6. The van der Waals surface area contributed by atoms with Crippen LogP contribution >= 0.6 is 0 Å². The molecule has 0 bridgehead atoms. The Morgan fingerprint density at radius 1 is 1.38 bits per heavy atom. The van der Waals surface area contributed by atoms with Gasteiger partial charge in [0.15, 0.2) is 0 Å². The van der Waals surface area contributed by atoms with Crippen LogP contribution in [0, 0.1) is 11.3 Å². The average Bonchev–Trinajstić information content (AvgIpc) is 2.88. The molecule has 2 aliphatic rings. The van der Waals surface area contributed by atoms with E-state index in [1.807, 2.05) is 0 Å². The van der Waals surface area contributed by atoms with Crippen molar-refractivity contribution in [2.45, 2.75) is 52.4 Å². The van der Waals surface area contributed by atoms with Crippen molar-refractivity contribution in [1.82, 2.24) is 4.90 Å². The van der Waals surface area contributed by atoms with Crippen LogP contribution in [0.25, 0.3) is 0 Å². The largest absolute Gasteiger partial charge is 0.302 e. The van der Waals surface area contributed by atoms with Gasteiger partial charge in [-0.3, -0.25) is 4.79 Å². The highest BCUT2D eigenvalue weighted by Crippen LogP contribution is 2.37. The maximum absolute atomic E-state index is 11.6. The van der Waals surface area contributed by atoms with Gasteiger partial charge in [-0.15, -0.1) is 0 Å². The van der Waals surface area contributed by atoms with Crippen LogP contribution in [0.3, 0.4) is 0 Å². The van der Waals surface area contributed by atoms with Crippen LogP contribution < -0.4 is 0 Å². The molecule has 0 radical (unpaired) electrons. The summed E-state index contributed by atoms with van der Waals surface area (Å²) in [7, 11) is 0. The lowest BCUT2D eigenvalue weighted by molar-refractivity contribution is -0.121. The number of ketones is 1. The van der Waals surface area contributed by atoms with E-state index in [1.165, 1.54) is 32.4 Å². The van der Waals surface area contributed by atoms with Gasteiger partial charge in [-0.1, -0.05) is 13.8 Å². The van der Waals surface area contributed by atoms with E-state index in [9.17, 15) is 4.79 Å². The molecule has 92 valence electrons. The fraction of sp³-hybridized carbons (Fsp3) is 0.929. The van der Waals surface area contributed by atoms with Crippen molar-refractivity contribution < 1.29 is 4.79 Å². The average molecular weight is 223 g/mol. The molecule has 1 saturated heterocycles. The number of carbonyl (C=O) groups is 1. The van der Waals surface area contributed by atoms with Crippen LogP contribution in [-0.2, 0) is 4.79 Å². The standard InChI is InChI=1S/C14H25NO/c1-3-14(4-2)8-9-15(11-14)10-12-6-5-7-13(12)16/h12H,3-11H2,1-2H3. The van der Waals surface area contributed by atoms with E-state index >= 15 is 0 Å². The van der Waals surface area contributed by atoms with Crippen LogP contribution in [-0.4, -0.2) is 30.3 Å². The molecule has 0 aromatic heterocycles. The minimum absolute atomic E-state index is 0.365. The van der Waals surface area contributed by atoms with Crippen molar-refractivity contribution in [2.75, 3.05) is 19.6 Å². The third-order valence-electron chi connectivity index (χ3n) is 4.93. The molecule has 2 fully saturated rings. The molecule has 2 nitrogen and oxygen atoms in total. The molecule has 1 saturated carbocycles. The Labute approximate surface area is 99.4 Å². The molecule has 0 amide bonds. The first kappa shape index (κ1) is 12.1. The summed E-state index contributed by atoms with van der Waals surface area (Å²) in [5.74, 6) is 0.884. The van der Waals surface area contributed by atoms with Crippen molar-refractivity contribution in [3.05, 3.63) is 0 Å². The predicted octanol–water partition coefficient (Wildman–Crippen LogP) is 2.87. The van der Waals surface area contributed by atoms with Gasteiger partial charge in [0.1, 0.15) is 5.78 Å². The van der Waals surface area contributed by atoms with Gasteiger partial charge in [-0.05, 0) is 44.1 Å². The summed E-state index contributed by atoms with van der Waals surface area (Å²) in [5.41, 5.74) is 0.557. The smallest absolute Gasteiger partial charge is 0.137 e. The van der Waals surface area contributed by atoms with Gasteiger partial charge in [-0.25, -0.2) is 0 Å². The first-order valence-electron chi connectivity index (χ1n) is 6.94. The first-order valence-corrected chi connectivity index (χ1v) is 6.94. The van der Waals surface area contributed by atoms with Gasteiger partial charge in [0, 0.05) is 25.4 Å². The van der Waals surface area contributed by atoms with E-state index in [-0.39, 0.29) is 0 Å². The minimum Gasteiger partial charge on any atom is -0.302 e. The molecular formula is C14H25NO. The van der Waals surface area contributed by atoms with Gasteiger partial charge < -0.3 is 4.90 Å². The van der Waals surface area contributed by atoms with E-state index in [2.05, 4.69) is 18.7 Å². The summed E-state index contributed by atoms with van der Waals surface area (Å²) >= 11 is 0. The molecule has 1 heterocycles. The lowest BCUT2D eigenvalue weighted by Gasteiger charge is -2.27. The molecular weight excluding hydrogens is 198 g/mol. The van der Waals surface area contributed by atoms with Crippen LogP contribution in [0.4, 0.5) is 0 Å². The Morgan fingerprint density at radius 2 is 2.12 bits per heavy atom. The van der Waals surface area contributed by atoms with Crippen LogP contribution in [0.5, 0.6) is 0 Å². The predicted molar refractivity (Wildman–Crippen MR) is 66.4 cm³/mol. The Kier molecular flexibility index (Phi) is 3.68. The number of likely N-dealkylation sites (tertiary alicyclic amines) is 1. The van der Waals surface area contributed by atoms with Gasteiger partial charge >= 0.3 is 0 Å². The quantitative estimate of drug-likeness (QED) is 0.730. The number of hydrogen-bond donors (Lipinski definition) is 0. The third-order valence-corrected chi connectivity index (χ3v) is 4.93. The summed E-state index contributed by atoms with van der Waals surface area (Å²) in [4.78, 5) is 14.2. The second-order valence-corrected chi connectivity index (χ2v) is 5.75. The molecule has 16 heavy (non-hydrogen) atoms. The fourth-order valence-corrected chi connectivity index (χ4v) is 3.40. The molecule has 1 aliphatic heterocycles. The van der Waals surface area contributed by atoms with Crippen molar-refractivity contribution in [1.29, 1.82) is 0 Å². The maximum atomic E-state index is 11.6. The molecule has 2 heteroatoms. The Hall–Kier alpha value is -0.370. The maximum Gasteiger partial charge on any atom is 0.137 e. The number of Topliss-reactive ketones (excluding diaryl/α,β-unsaturated/α-hetero) is 1. The van der Waals surface area contributed by atoms with E-state index in [0.717, 1.165) is 25.8 Å². The molecule has 0 N–H and O–H groups in total. The number of carbonyl (C=O) groups excluding carboxylic acids is 1. The molecule has 0 spiro atoms. The lowest BCUT2D eigenvalue weighted by Crippen LogP contribution is -2.32. The molecule has 2 rings (SSSR count). The minimum atomic E-state index is 0.365. The van der Waals surface area contributed by atoms with Crippen molar-refractivity contribution in [3.63, 3.8) is 0 Å². The summed E-state index contributed by atoms with van der Waals surface area (Å²) < 4.78 is 0. The van der Waals surface area contributed by atoms with Crippen LogP contribution in [0.1, 0.15) is 52.4 Å². The molecule has 0 aromatic rings. The van der Waals surface area contributed by atoms with Gasteiger partial charge in [-0.2, -0.15) is 0 Å². The molecule has 1 atom stereocenters. The van der Waals surface area contributed by atoms with Gasteiger partial charge in [0.25, 0.3) is 0 Å². The van der Waals surface area contributed by atoms with Crippen molar-refractivity contribution in [2.24, 2.45) is 11.3 Å².